The molecule has 0 saturated carbocycles. The Hall–Kier alpha value is -0.380. The first-order valence-electron chi connectivity index (χ1n) is 4.64. The maximum atomic E-state index is 4.13. The van der Waals surface area contributed by atoms with Gasteiger partial charge in [0.15, 0.2) is 0 Å². The molecule has 0 fully saturated rings. The van der Waals surface area contributed by atoms with Crippen molar-refractivity contribution in [3.63, 3.8) is 0 Å². The predicted octanol–water partition coefficient (Wildman–Crippen LogP) is 2.48. The molecule has 0 aliphatic heterocycles. The maximum absolute atomic E-state index is 4.13. The van der Waals surface area contributed by atoms with Crippen molar-refractivity contribution in [1.82, 2.24) is 14.8 Å². The van der Waals surface area contributed by atoms with Crippen molar-refractivity contribution in [2.75, 3.05) is 5.33 Å². The summed E-state index contributed by atoms with van der Waals surface area (Å²) in [5, 5.41) is 5.15. The summed E-state index contributed by atoms with van der Waals surface area (Å²) in [7, 11) is 0. The van der Waals surface area contributed by atoms with Crippen LogP contribution in [0, 0.1) is 5.41 Å². The fourth-order valence-electron chi connectivity index (χ4n) is 1.36. The average molecular weight is 246 g/mol. The Morgan fingerprint density at radius 2 is 2.08 bits per heavy atom. The second-order valence-corrected chi connectivity index (χ2v) is 3.99. The van der Waals surface area contributed by atoms with Gasteiger partial charge in [0.25, 0.3) is 0 Å². The van der Waals surface area contributed by atoms with Crippen LogP contribution >= 0.6 is 15.9 Å². The smallest absolute Gasteiger partial charge is 0.137 e. The Morgan fingerprint density at radius 3 is 2.46 bits per heavy atom. The van der Waals surface area contributed by atoms with Crippen molar-refractivity contribution in [2.24, 2.45) is 5.41 Å². The molecule has 1 rings (SSSR count). The third-order valence-electron chi connectivity index (χ3n) is 2.75. The van der Waals surface area contributed by atoms with E-state index in [1.807, 2.05) is 4.68 Å². The Morgan fingerprint density at radius 1 is 1.38 bits per heavy atom. The molecule has 0 aliphatic rings. The third kappa shape index (κ3) is 2.53. The molecule has 0 radical (unpaired) electrons. The number of nitrogens with zero attached hydrogens (tertiary/aromatic N) is 3. The van der Waals surface area contributed by atoms with E-state index in [1.54, 1.807) is 12.7 Å². The summed E-state index contributed by atoms with van der Waals surface area (Å²) in [5.41, 5.74) is 0.327. The first-order chi connectivity index (χ1) is 6.26. The van der Waals surface area contributed by atoms with Gasteiger partial charge in [0.05, 0.1) is 0 Å². The first kappa shape index (κ1) is 10.7. The highest BCUT2D eigenvalue weighted by Crippen LogP contribution is 2.30. The van der Waals surface area contributed by atoms with Crippen LogP contribution < -0.4 is 0 Å². The monoisotopic (exact) mass is 245 g/mol. The van der Waals surface area contributed by atoms with Crippen LogP contribution in [0.15, 0.2) is 12.7 Å². The highest BCUT2D eigenvalue weighted by atomic mass is 79.9. The van der Waals surface area contributed by atoms with E-state index in [9.17, 15) is 0 Å². The van der Waals surface area contributed by atoms with Gasteiger partial charge in [0, 0.05) is 11.9 Å². The summed E-state index contributed by atoms with van der Waals surface area (Å²) in [5.74, 6) is 0. The molecule has 0 bridgehead atoms. The molecule has 0 amide bonds. The molecule has 0 atom stereocenters. The zero-order chi connectivity index (χ0) is 9.73. The Kier molecular flexibility index (Phi) is 3.90. The quantitative estimate of drug-likeness (QED) is 0.747. The number of alkyl halides is 1. The highest BCUT2D eigenvalue weighted by molar-refractivity contribution is 9.09. The van der Waals surface area contributed by atoms with Crippen LogP contribution in [0.3, 0.4) is 0 Å². The largest absolute Gasteiger partial charge is 0.252 e. The van der Waals surface area contributed by atoms with Crippen molar-refractivity contribution in [3.8, 4) is 0 Å². The van der Waals surface area contributed by atoms with Gasteiger partial charge in [0.1, 0.15) is 12.7 Å². The van der Waals surface area contributed by atoms with Crippen LogP contribution in [0.2, 0.25) is 0 Å². The summed E-state index contributed by atoms with van der Waals surface area (Å²) in [4.78, 5) is 3.95. The first-order valence-corrected chi connectivity index (χ1v) is 5.77. The number of halogens is 1. The van der Waals surface area contributed by atoms with Gasteiger partial charge >= 0.3 is 0 Å². The standard InChI is InChI=1S/C9H16BrN3/c1-3-9(4-2,5-10)6-13-8-11-7-12-13/h7-8H,3-6H2,1-2H3. The van der Waals surface area contributed by atoms with Crippen LogP contribution in [0.5, 0.6) is 0 Å². The highest BCUT2D eigenvalue weighted by Gasteiger charge is 2.25. The number of hydrogen-bond donors (Lipinski definition) is 0. The van der Waals surface area contributed by atoms with Crippen molar-refractivity contribution >= 4 is 15.9 Å². The number of rotatable bonds is 5. The Balaban J connectivity index is 2.67. The summed E-state index contributed by atoms with van der Waals surface area (Å²) in [6.45, 7) is 5.40. The molecule has 13 heavy (non-hydrogen) atoms. The van der Waals surface area contributed by atoms with E-state index in [0.29, 0.717) is 5.41 Å². The average Bonchev–Trinajstić information content (AvgIpc) is 2.67. The van der Waals surface area contributed by atoms with E-state index in [-0.39, 0.29) is 0 Å². The predicted molar refractivity (Wildman–Crippen MR) is 56.8 cm³/mol. The number of aromatic nitrogens is 3. The van der Waals surface area contributed by atoms with Gasteiger partial charge in [-0.25, -0.2) is 4.98 Å². The molecule has 1 aromatic rings. The van der Waals surface area contributed by atoms with E-state index < -0.39 is 0 Å². The van der Waals surface area contributed by atoms with E-state index in [4.69, 9.17) is 0 Å². The van der Waals surface area contributed by atoms with Gasteiger partial charge < -0.3 is 0 Å². The molecule has 0 aliphatic carbocycles. The lowest BCUT2D eigenvalue weighted by atomic mass is 9.85. The Labute approximate surface area is 87.7 Å². The number of hydrogen-bond acceptors (Lipinski definition) is 2. The topological polar surface area (TPSA) is 30.7 Å². The van der Waals surface area contributed by atoms with Crippen molar-refractivity contribution in [1.29, 1.82) is 0 Å². The van der Waals surface area contributed by atoms with E-state index in [0.717, 1.165) is 24.7 Å². The molecule has 0 saturated heterocycles. The second kappa shape index (κ2) is 4.74. The van der Waals surface area contributed by atoms with Gasteiger partial charge in [-0.15, -0.1) is 0 Å². The minimum Gasteiger partial charge on any atom is -0.252 e. The fourth-order valence-corrected chi connectivity index (χ4v) is 2.33. The normalized spacial score (nSPS) is 11.9. The van der Waals surface area contributed by atoms with Gasteiger partial charge in [-0.05, 0) is 18.3 Å². The molecule has 0 N–H and O–H groups in total. The molecule has 3 nitrogen and oxygen atoms in total. The summed E-state index contributed by atoms with van der Waals surface area (Å²) >= 11 is 3.58. The van der Waals surface area contributed by atoms with Crippen LogP contribution in [0.1, 0.15) is 26.7 Å². The second-order valence-electron chi connectivity index (χ2n) is 3.43. The van der Waals surface area contributed by atoms with E-state index in [1.165, 1.54) is 0 Å². The molecule has 4 heteroatoms. The van der Waals surface area contributed by atoms with Gasteiger partial charge in [0.2, 0.25) is 0 Å². The lowest BCUT2D eigenvalue weighted by molar-refractivity contribution is 0.247. The lowest BCUT2D eigenvalue weighted by Crippen LogP contribution is -2.27. The van der Waals surface area contributed by atoms with E-state index in [2.05, 4.69) is 39.9 Å². The maximum Gasteiger partial charge on any atom is 0.137 e. The van der Waals surface area contributed by atoms with Gasteiger partial charge in [-0.2, -0.15) is 5.10 Å². The molecule has 0 spiro atoms. The molecule has 1 heterocycles. The Bertz CT molecular complexity index is 221. The molecular weight excluding hydrogens is 230 g/mol. The minimum absolute atomic E-state index is 0.327. The lowest BCUT2D eigenvalue weighted by Gasteiger charge is -2.28. The van der Waals surface area contributed by atoms with Crippen LogP contribution in [-0.2, 0) is 6.54 Å². The minimum atomic E-state index is 0.327. The zero-order valence-corrected chi connectivity index (χ0v) is 9.79. The summed E-state index contributed by atoms with van der Waals surface area (Å²) in [6.07, 6.45) is 5.69. The summed E-state index contributed by atoms with van der Waals surface area (Å²) < 4.78 is 1.91. The van der Waals surface area contributed by atoms with Crippen LogP contribution in [-0.4, -0.2) is 20.1 Å². The van der Waals surface area contributed by atoms with Crippen LogP contribution in [0.25, 0.3) is 0 Å². The molecular formula is C9H16BrN3. The van der Waals surface area contributed by atoms with Crippen LogP contribution in [0.4, 0.5) is 0 Å². The van der Waals surface area contributed by atoms with Gasteiger partial charge in [-0.3, -0.25) is 4.68 Å². The molecule has 0 aromatic carbocycles. The zero-order valence-electron chi connectivity index (χ0n) is 8.20. The van der Waals surface area contributed by atoms with Crippen molar-refractivity contribution in [3.05, 3.63) is 12.7 Å². The molecule has 74 valence electrons. The van der Waals surface area contributed by atoms with Crippen molar-refractivity contribution in [2.45, 2.75) is 33.2 Å². The third-order valence-corrected chi connectivity index (χ3v) is 3.94. The van der Waals surface area contributed by atoms with E-state index >= 15 is 0 Å². The van der Waals surface area contributed by atoms with Crippen molar-refractivity contribution < 1.29 is 0 Å². The molecule has 1 aromatic heterocycles. The molecule has 0 unspecified atom stereocenters. The summed E-state index contributed by atoms with van der Waals surface area (Å²) in [6, 6.07) is 0. The fraction of sp³-hybridized carbons (Fsp3) is 0.778. The van der Waals surface area contributed by atoms with Gasteiger partial charge in [-0.1, -0.05) is 29.8 Å². The SMILES string of the molecule is CCC(CC)(CBr)Cn1cncn1.